The van der Waals surface area contributed by atoms with E-state index in [1.165, 1.54) is 6.08 Å². The minimum atomic E-state index is -0.158. The lowest BCUT2D eigenvalue weighted by molar-refractivity contribution is -0.111. The highest BCUT2D eigenvalue weighted by Gasteiger charge is 2.00. The van der Waals surface area contributed by atoms with Crippen molar-refractivity contribution >= 4 is 17.7 Å². The fraction of sp³-hybridized carbons (Fsp3) is 0.167. The Balaban J connectivity index is 1.93. The van der Waals surface area contributed by atoms with Crippen LogP contribution in [0.4, 0.5) is 5.69 Å². The Morgan fingerprint density at radius 1 is 1.14 bits per heavy atom. The lowest BCUT2D eigenvalue weighted by Crippen LogP contribution is -2.08. The van der Waals surface area contributed by atoms with Crippen molar-refractivity contribution < 1.29 is 14.3 Å². The van der Waals surface area contributed by atoms with E-state index in [0.29, 0.717) is 0 Å². The van der Waals surface area contributed by atoms with Gasteiger partial charge >= 0.3 is 0 Å². The van der Waals surface area contributed by atoms with Crippen LogP contribution >= 0.6 is 0 Å². The number of aryl methyl sites for hydroxylation is 1. The Bertz CT molecular complexity index is 648. The molecule has 0 saturated heterocycles. The van der Waals surface area contributed by atoms with Crippen molar-refractivity contribution in [2.24, 2.45) is 0 Å². The van der Waals surface area contributed by atoms with Crippen molar-refractivity contribution in [2.75, 3.05) is 19.2 Å². The van der Waals surface area contributed by atoms with Crippen LogP contribution in [0.15, 0.2) is 54.6 Å². The molecule has 4 heteroatoms. The molecule has 0 spiro atoms. The van der Waals surface area contributed by atoms with E-state index in [1.807, 2.05) is 55.5 Å². The number of carbonyl (C=O) groups excluding carboxylic acids is 1. The van der Waals surface area contributed by atoms with Crippen LogP contribution in [0.1, 0.15) is 11.1 Å². The van der Waals surface area contributed by atoms with E-state index in [2.05, 4.69) is 5.32 Å². The number of benzene rings is 2. The molecule has 2 aromatic rings. The van der Waals surface area contributed by atoms with Gasteiger partial charge in [0, 0.05) is 18.9 Å². The number of para-hydroxylation sites is 1. The Labute approximate surface area is 130 Å². The molecule has 0 radical (unpaired) electrons. The number of anilines is 1. The standard InChI is InChI=1S/C18H19NO3/c1-14-5-3-4-6-17(14)19-18(20)12-9-15-7-10-16(11-8-15)22-13-21-2/h3-12H,13H2,1-2H3,(H,19,20)/b12-9+. The maximum absolute atomic E-state index is 11.9. The van der Waals surface area contributed by atoms with Gasteiger partial charge in [0.05, 0.1) is 0 Å². The third-order valence-electron chi connectivity index (χ3n) is 3.05. The highest BCUT2D eigenvalue weighted by molar-refractivity contribution is 6.02. The number of ether oxygens (including phenoxy) is 2. The number of hydrogen-bond acceptors (Lipinski definition) is 3. The van der Waals surface area contributed by atoms with Crippen molar-refractivity contribution in [1.82, 2.24) is 0 Å². The van der Waals surface area contributed by atoms with E-state index < -0.39 is 0 Å². The maximum atomic E-state index is 11.9. The molecular formula is C18H19NO3. The molecule has 0 atom stereocenters. The third-order valence-corrected chi connectivity index (χ3v) is 3.05. The third kappa shape index (κ3) is 4.75. The Morgan fingerprint density at radius 3 is 2.55 bits per heavy atom. The van der Waals surface area contributed by atoms with Gasteiger partial charge in [0.25, 0.3) is 0 Å². The normalized spacial score (nSPS) is 10.6. The topological polar surface area (TPSA) is 47.6 Å². The van der Waals surface area contributed by atoms with Crippen molar-refractivity contribution in [2.45, 2.75) is 6.92 Å². The maximum Gasteiger partial charge on any atom is 0.248 e. The monoisotopic (exact) mass is 297 g/mol. The summed E-state index contributed by atoms with van der Waals surface area (Å²) in [5, 5.41) is 2.85. The van der Waals surface area contributed by atoms with Gasteiger partial charge in [0.1, 0.15) is 5.75 Å². The summed E-state index contributed by atoms with van der Waals surface area (Å²) in [5.41, 5.74) is 2.77. The first kappa shape index (κ1) is 15.8. The van der Waals surface area contributed by atoms with E-state index in [1.54, 1.807) is 13.2 Å². The molecule has 2 rings (SSSR count). The lowest BCUT2D eigenvalue weighted by atomic mass is 10.2. The van der Waals surface area contributed by atoms with Crippen molar-refractivity contribution in [3.8, 4) is 5.75 Å². The zero-order valence-corrected chi connectivity index (χ0v) is 12.7. The molecule has 0 unspecified atom stereocenters. The summed E-state index contributed by atoms with van der Waals surface area (Å²) in [6.45, 7) is 2.17. The van der Waals surface area contributed by atoms with E-state index in [4.69, 9.17) is 9.47 Å². The number of carbonyl (C=O) groups is 1. The van der Waals surface area contributed by atoms with Gasteiger partial charge in [-0.05, 0) is 42.3 Å². The highest BCUT2D eigenvalue weighted by Crippen LogP contribution is 2.15. The van der Waals surface area contributed by atoms with E-state index in [9.17, 15) is 4.79 Å². The van der Waals surface area contributed by atoms with Crippen LogP contribution in [0.2, 0.25) is 0 Å². The fourth-order valence-electron chi connectivity index (χ4n) is 1.86. The van der Waals surface area contributed by atoms with Crippen LogP contribution in [0.3, 0.4) is 0 Å². The fourth-order valence-corrected chi connectivity index (χ4v) is 1.86. The van der Waals surface area contributed by atoms with Gasteiger partial charge in [-0.3, -0.25) is 4.79 Å². The molecule has 0 aliphatic heterocycles. The van der Waals surface area contributed by atoms with Crippen molar-refractivity contribution in [3.05, 3.63) is 65.7 Å². The Hall–Kier alpha value is -2.59. The molecule has 0 heterocycles. The first-order valence-electron chi connectivity index (χ1n) is 6.95. The summed E-state index contributed by atoms with van der Waals surface area (Å²) in [7, 11) is 1.57. The SMILES string of the molecule is COCOc1ccc(/C=C/C(=O)Nc2ccccc2C)cc1. The number of amides is 1. The van der Waals surface area contributed by atoms with Crippen LogP contribution in [0, 0.1) is 6.92 Å². The van der Waals surface area contributed by atoms with Crippen LogP contribution in [-0.4, -0.2) is 19.8 Å². The number of methoxy groups -OCH3 is 1. The minimum absolute atomic E-state index is 0.158. The summed E-state index contributed by atoms with van der Waals surface area (Å²) < 4.78 is 10.1. The van der Waals surface area contributed by atoms with E-state index in [0.717, 1.165) is 22.6 Å². The predicted molar refractivity (Wildman–Crippen MR) is 87.8 cm³/mol. The smallest absolute Gasteiger partial charge is 0.248 e. The molecule has 2 aromatic carbocycles. The molecular weight excluding hydrogens is 278 g/mol. The van der Waals surface area contributed by atoms with Crippen molar-refractivity contribution in [1.29, 1.82) is 0 Å². The second kappa shape index (κ2) is 8.00. The van der Waals surface area contributed by atoms with Gasteiger partial charge < -0.3 is 14.8 Å². The van der Waals surface area contributed by atoms with Crippen LogP contribution in [-0.2, 0) is 9.53 Å². The minimum Gasteiger partial charge on any atom is -0.468 e. The van der Waals surface area contributed by atoms with Crippen LogP contribution < -0.4 is 10.1 Å². The van der Waals surface area contributed by atoms with Gasteiger partial charge in [-0.1, -0.05) is 30.3 Å². The second-order valence-electron chi connectivity index (χ2n) is 4.76. The average molecular weight is 297 g/mol. The summed E-state index contributed by atoms with van der Waals surface area (Å²) in [5.74, 6) is 0.567. The molecule has 1 amide bonds. The van der Waals surface area contributed by atoms with E-state index in [-0.39, 0.29) is 12.7 Å². The quantitative estimate of drug-likeness (QED) is 0.654. The molecule has 4 nitrogen and oxygen atoms in total. The summed E-state index contributed by atoms with van der Waals surface area (Å²) >= 11 is 0. The number of nitrogens with one attached hydrogen (secondary N) is 1. The molecule has 0 aliphatic rings. The summed E-state index contributed by atoms with van der Waals surface area (Å²) in [6, 6.07) is 15.1. The largest absolute Gasteiger partial charge is 0.468 e. The first-order valence-corrected chi connectivity index (χ1v) is 6.95. The summed E-state index contributed by atoms with van der Waals surface area (Å²) in [6.07, 6.45) is 3.27. The number of rotatable bonds is 6. The van der Waals surface area contributed by atoms with E-state index >= 15 is 0 Å². The molecule has 0 aromatic heterocycles. The van der Waals surface area contributed by atoms with Gasteiger partial charge in [-0.25, -0.2) is 0 Å². The lowest BCUT2D eigenvalue weighted by Gasteiger charge is -2.05. The predicted octanol–water partition coefficient (Wildman–Crippen LogP) is 3.63. The first-order chi connectivity index (χ1) is 10.7. The van der Waals surface area contributed by atoms with Gasteiger partial charge in [-0.15, -0.1) is 0 Å². The molecule has 0 fully saturated rings. The van der Waals surface area contributed by atoms with Gasteiger partial charge in [-0.2, -0.15) is 0 Å². The Kier molecular flexibility index (Phi) is 5.74. The van der Waals surface area contributed by atoms with Gasteiger partial charge in [0.15, 0.2) is 6.79 Å². The molecule has 0 bridgehead atoms. The van der Waals surface area contributed by atoms with Gasteiger partial charge in [0.2, 0.25) is 5.91 Å². The zero-order valence-electron chi connectivity index (χ0n) is 12.7. The second-order valence-corrected chi connectivity index (χ2v) is 4.76. The molecule has 22 heavy (non-hydrogen) atoms. The summed E-state index contributed by atoms with van der Waals surface area (Å²) in [4.78, 5) is 11.9. The van der Waals surface area contributed by atoms with Crippen molar-refractivity contribution in [3.63, 3.8) is 0 Å². The Morgan fingerprint density at radius 2 is 1.86 bits per heavy atom. The molecule has 114 valence electrons. The molecule has 1 N–H and O–H groups in total. The number of hydrogen-bond donors (Lipinski definition) is 1. The molecule has 0 aliphatic carbocycles. The van der Waals surface area contributed by atoms with Crippen LogP contribution in [0.5, 0.6) is 5.75 Å². The molecule has 0 saturated carbocycles. The zero-order chi connectivity index (χ0) is 15.8. The average Bonchev–Trinajstić information content (AvgIpc) is 2.54. The highest BCUT2D eigenvalue weighted by atomic mass is 16.7. The van der Waals surface area contributed by atoms with Crippen LogP contribution in [0.25, 0.3) is 6.08 Å².